The minimum atomic E-state index is -0.546. The van der Waals surface area contributed by atoms with Crippen LogP contribution in [-0.2, 0) is 0 Å². The Morgan fingerprint density at radius 2 is 1.75 bits per heavy atom. The van der Waals surface area contributed by atoms with E-state index in [1.807, 2.05) is 6.92 Å². The third-order valence-corrected chi connectivity index (χ3v) is 4.13. The highest BCUT2D eigenvalue weighted by atomic mass is 16.3. The number of hydrogen-bond donors (Lipinski definition) is 3. The quantitative estimate of drug-likeness (QED) is 0.682. The van der Waals surface area contributed by atoms with Crippen LogP contribution in [0.3, 0.4) is 0 Å². The van der Waals surface area contributed by atoms with Crippen LogP contribution in [0, 0.1) is 0 Å². The molecule has 2 aliphatic heterocycles. The van der Waals surface area contributed by atoms with Crippen LogP contribution in [0.1, 0.15) is 51.9 Å². The van der Waals surface area contributed by atoms with Gasteiger partial charge >= 0.3 is 0 Å². The zero-order valence-corrected chi connectivity index (χ0v) is 10.5. The van der Waals surface area contributed by atoms with Gasteiger partial charge in [-0.2, -0.15) is 0 Å². The fraction of sp³-hybridized carbons (Fsp3) is 1.00. The summed E-state index contributed by atoms with van der Waals surface area (Å²) in [4.78, 5) is 0. The number of piperidine rings is 2. The predicted octanol–water partition coefficient (Wildman–Crippen LogP) is 1.41. The number of nitrogens with one attached hydrogen (secondary N) is 2. The van der Waals surface area contributed by atoms with Crippen LogP contribution in [0.4, 0.5) is 0 Å². The summed E-state index contributed by atoms with van der Waals surface area (Å²) in [5.74, 6) is 0. The second-order valence-corrected chi connectivity index (χ2v) is 5.71. The van der Waals surface area contributed by atoms with Gasteiger partial charge in [-0.25, -0.2) is 0 Å². The summed E-state index contributed by atoms with van der Waals surface area (Å²) in [6.07, 6.45) is 8.36. The minimum Gasteiger partial charge on any atom is -0.388 e. The van der Waals surface area contributed by atoms with Crippen molar-refractivity contribution in [1.82, 2.24) is 10.6 Å². The first kappa shape index (κ1) is 12.3. The Balaban J connectivity index is 1.84. The molecule has 2 aliphatic rings. The summed E-state index contributed by atoms with van der Waals surface area (Å²) in [5.41, 5.74) is -0.546. The summed E-state index contributed by atoms with van der Waals surface area (Å²) in [7, 11) is 0. The van der Waals surface area contributed by atoms with E-state index in [0.717, 1.165) is 25.9 Å². The van der Waals surface area contributed by atoms with Crippen molar-refractivity contribution in [2.45, 2.75) is 69.6 Å². The van der Waals surface area contributed by atoms with Gasteiger partial charge in [0.05, 0.1) is 5.60 Å². The molecule has 3 heteroatoms. The molecule has 3 nitrogen and oxygen atoms in total. The maximum atomic E-state index is 10.6. The van der Waals surface area contributed by atoms with Crippen LogP contribution in [0.2, 0.25) is 0 Å². The summed E-state index contributed by atoms with van der Waals surface area (Å²) in [6, 6.07) is 0.817. The lowest BCUT2D eigenvalue weighted by Crippen LogP contribution is -2.54. The van der Waals surface area contributed by atoms with Crippen LogP contribution in [0.25, 0.3) is 0 Å². The Hall–Kier alpha value is -0.120. The molecule has 0 aromatic carbocycles. The van der Waals surface area contributed by atoms with Crippen molar-refractivity contribution in [2.75, 3.05) is 13.1 Å². The second-order valence-electron chi connectivity index (χ2n) is 5.71. The molecule has 2 saturated heterocycles. The van der Waals surface area contributed by atoms with E-state index in [4.69, 9.17) is 0 Å². The predicted molar refractivity (Wildman–Crippen MR) is 66.5 cm³/mol. The van der Waals surface area contributed by atoms with E-state index < -0.39 is 5.60 Å². The standard InChI is InChI=1S/C13H26N2O/c1-13(16,12-7-3-5-9-15-12)10-11-6-2-4-8-14-11/h11-12,14-16H,2-10H2,1H3. The van der Waals surface area contributed by atoms with E-state index in [9.17, 15) is 5.11 Å². The molecule has 0 radical (unpaired) electrons. The maximum absolute atomic E-state index is 10.6. The second kappa shape index (κ2) is 5.48. The lowest BCUT2D eigenvalue weighted by atomic mass is 9.83. The fourth-order valence-electron chi connectivity index (χ4n) is 3.12. The normalized spacial score (nSPS) is 35.6. The van der Waals surface area contributed by atoms with Crippen molar-refractivity contribution in [1.29, 1.82) is 0 Å². The van der Waals surface area contributed by atoms with Crippen LogP contribution < -0.4 is 10.6 Å². The molecule has 16 heavy (non-hydrogen) atoms. The molecule has 0 spiro atoms. The van der Waals surface area contributed by atoms with Crippen molar-refractivity contribution >= 4 is 0 Å². The summed E-state index contributed by atoms with van der Waals surface area (Å²) >= 11 is 0. The van der Waals surface area contributed by atoms with E-state index in [2.05, 4.69) is 10.6 Å². The van der Waals surface area contributed by atoms with Crippen molar-refractivity contribution in [3.8, 4) is 0 Å². The number of hydrogen-bond acceptors (Lipinski definition) is 3. The van der Waals surface area contributed by atoms with Crippen molar-refractivity contribution < 1.29 is 5.11 Å². The smallest absolute Gasteiger partial charge is 0.0786 e. The lowest BCUT2D eigenvalue weighted by Gasteiger charge is -2.39. The van der Waals surface area contributed by atoms with Gasteiger partial charge in [0.2, 0.25) is 0 Å². The molecule has 2 fully saturated rings. The minimum absolute atomic E-state index is 0.296. The molecule has 3 unspecified atom stereocenters. The van der Waals surface area contributed by atoms with Crippen molar-refractivity contribution in [3.63, 3.8) is 0 Å². The van der Waals surface area contributed by atoms with Gasteiger partial charge in [0.25, 0.3) is 0 Å². The molecule has 0 amide bonds. The topological polar surface area (TPSA) is 44.3 Å². The van der Waals surface area contributed by atoms with Crippen molar-refractivity contribution in [3.05, 3.63) is 0 Å². The third-order valence-electron chi connectivity index (χ3n) is 4.13. The van der Waals surface area contributed by atoms with Gasteiger partial charge in [-0.1, -0.05) is 12.8 Å². The van der Waals surface area contributed by atoms with Crippen LogP contribution in [0.5, 0.6) is 0 Å². The van der Waals surface area contributed by atoms with Crippen LogP contribution >= 0.6 is 0 Å². The van der Waals surface area contributed by atoms with Crippen molar-refractivity contribution in [2.24, 2.45) is 0 Å². The molecule has 94 valence electrons. The molecule has 3 atom stereocenters. The first-order valence-electron chi connectivity index (χ1n) is 6.88. The summed E-state index contributed by atoms with van der Waals surface area (Å²) in [5, 5.41) is 17.6. The van der Waals surface area contributed by atoms with Crippen LogP contribution in [-0.4, -0.2) is 35.9 Å². The van der Waals surface area contributed by atoms with Gasteiger partial charge in [-0.15, -0.1) is 0 Å². The van der Waals surface area contributed by atoms with E-state index >= 15 is 0 Å². The summed E-state index contributed by atoms with van der Waals surface area (Å²) in [6.45, 7) is 4.20. The van der Waals surface area contributed by atoms with E-state index in [0.29, 0.717) is 12.1 Å². The highest BCUT2D eigenvalue weighted by Crippen LogP contribution is 2.26. The average molecular weight is 226 g/mol. The number of aliphatic hydroxyl groups is 1. The Morgan fingerprint density at radius 1 is 1.06 bits per heavy atom. The SMILES string of the molecule is CC(O)(CC1CCCCN1)C1CCCCN1. The molecular formula is C13H26N2O. The van der Waals surface area contributed by atoms with Gasteiger partial charge in [-0.3, -0.25) is 0 Å². The Labute approximate surface area is 99.0 Å². The molecular weight excluding hydrogens is 200 g/mol. The molecule has 0 bridgehead atoms. The largest absolute Gasteiger partial charge is 0.388 e. The Bertz CT molecular complexity index is 206. The molecule has 0 aliphatic carbocycles. The molecule has 3 N–H and O–H groups in total. The highest BCUT2D eigenvalue weighted by molar-refractivity contribution is 4.93. The monoisotopic (exact) mass is 226 g/mol. The molecule has 0 saturated carbocycles. The first-order valence-corrected chi connectivity index (χ1v) is 6.88. The first-order chi connectivity index (χ1) is 7.68. The van der Waals surface area contributed by atoms with Gasteiger partial charge < -0.3 is 15.7 Å². The van der Waals surface area contributed by atoms with Gasteiger partial charge in [0.15, 0.2) is 0 Å². The zero-order chi connectivity index (χ0) is 11.4. The maximum Gasteiger partial charge on any atom is 0.0786 e. The van der Waals surface area contributed by atoms with Gasteiger partial charge in [-0.05, 0) is 52.1 Å². The fourth-order valence-corrected chi connectivity index (χ4v) is 3.12. The highest BCUT2D eigenvalue weighted by Gasteiger charge is 2.35. The Kier molecular flexibility index (Phi) is 4.22. The average Bonchev–Trinajstić information content (AvgIpc) is 2.31. The molecule has 0 aromatic rings. The number of rotatable bonds is 3. The van der Waals surface area contributed by atoms with Gasteiger partial charge in [0.1, 0.15) is 0 Å². The zero-order valence-electron chi connectivity index (χ0n) is 10.5. The van der Waals surface area contributed by atoms with E-state index in [-0.39, 0.29) is 0 Å². The molecule has 2 rings (SSSR count). The lowest BCUT2D eigenvalue weighted by molar-refractivity contribution is -0.00819. The Morgan fingerprint density at radius 3 is 2.31 bits per heavy atom. The van der Waals surface area contributed by atoms with Gasteiger partial charge in [0, 0.05) is 12.1 Å². The molecule has 2 heterocycles. The van der Waals surface area contributed by atoms with E-state index in [1.54, 1.807) is 0 Å². The van der Waals surface area contributed by atoms with E-state index in [1.165, 1.54) is 32.1 Å². The van der Waals surface area contributed by atoms with Crippen LogP contribution in [0.15, 0.2) is 0 Å². The summed E-state index contributed by atoms with van der Waals surface area (Å²) < 4.78 is 0. The third kappa shape index (κ3) is 3.19. The molecule has 0 aromatic heterocycles.